The summed E-state index contributed by atoms with van der Waals surface area (Å²) in [5.41, 5.74) is 0. The molecule has 0 aromatic carbocycles. The summed E-state index contributed by atoms with van der Waals surface area (Å²) in [6, 6.07) is 0. The maximum Gasteiger partial charge on any atom is 0.304 e. The second kappa shape index (κ2) is 7.67. The highest BCUT2D eigenvalue weighted by Crippen LogP contribution is 2.11. The van der Waals surface area contributed by atoms with Crippen molar-refractivity contribution in [3.05, 3.63) is 0 Å². The molecule has 0 radical (unpaired) electrons. The van der Waals surface area contributed by atoms with Gasteiger partial charge in [0.2, 0.25) is 0 Å². The van der Waals surface area contributed by atoms with Crippen molar-refractivity contribution in [2.24, 2.45) is 5.92 Å². The second-order valence-corrected chi connectivity index (χ2v) is 3.11. The minimum absolute atomic E-state index is 0.0531. The molecule has 1 N–H and O–H groups in total. The standard InChI is InChI=1S/C11H18O2/c1-3-5-7-10(8-6-4-2)9-11(12)13/h10H,3-5,7,9H2,1-2H3,(H,12,13). The molecule has 0 bridgehead atoms. The summed E-state index contributed by atoms with van der Waals surface area (Å²) < 4.78 is 0. The van der Waals surface area contributed by atoms with Gasteiger partial charge < -0.3 is 5.11 Å². The summed E-state index contributed by atoms with van der Waals surface area (Å²) in [5, 5.41) is 8.61. The van der Waals surface area contributed by atoms with E-state index in [1.807, 2.05) is 6.92 Å². The van der Waals surface area contributed by atoms with Gasteiger partial charge >= 0.3 is 5.97 Å². The fourth-order valence-electron chi connectivity index (χ4n) is 1.13. The lowest BCUT2D eigenvalue weighted by Crippen LogP contribution is -2.05. The van der Waals surface area contributed by atoms with E-state index < -0.39 is 5.97 Å². The molecule has 0 saturated heterocycles. The van der Waals surface area contributed by atoms with E-state index in [0.717, 1.165) is 25.7 Å². The quantitative estimate of drug-likeness (QED) is 0.664. The fraction of sp³-hybridized carbons (Fsp3) is 0.727. The number of unbranched alkanes of at least 4 members (excludes halogenated alkanes) is 1. The molecule has 0 aromatic heterocycles. The van der Waals surface area contributed by atoms with Crippen molar-refractivity contribution in [3.63, 3.8) is 0 Å². The fourth-order valence-corrected chi connectivity index (χ4v) is 1.13. The molecule has 0 amide bonds. The van der Waals surface area contributed by atoms with Crippen molar-refractivity contribution >= 4 is 5.97 Å². The van der Waals surface area contributed by atoms with E-state index in [1.54, 1.807) is 0 Å². The van der Waals surface area contributed by atoms with Crippen LogP contribution < -0.4 is 0 Å². The van der Waals surface area contributed by atoms with Gasteiger partial charge in [-0.1, -0.05) is 32.6 Å². The van der Waals surface area contributed by atoms with Crippen LogP contribution in [0.1, 0.15) is 46.0 Å². The number of carboxylic acids is 1. The zero-order valence-corrected chi connectivity index (χ0v) is 8.47. The van der Waals surface area contributed by atoms with Gasteiger partial charge in [-0.05, 0) is 6.42 Å². The summed E-state index contributed by atoms with van der Waals surface area (Å²) in [6.45, 7) is 4.08. The largest absolute Gasteiger partial charge is 0.481 e. The number of hydrogen-bond acceptors (Lipinski definition) is 1. The SMILES string of the molecule is CCC#CC(CCCC)CC(=O)O. The molecule has 0 aliphatic heterocycles. The van der Waals surface area contributed by atoms with Gasteiger partial charge in [0.05, 0.1) is 6.42 Å². The molecular formula is C11H18O2. The zero-order valence-electron chi connectivity index (χ0n) is 8.47. The van der Waals surface area contributed by atoms with E-state index in [4.69, 9.17) is 5.11 Å². The Kier molecular flexibility index (Phi) is 7.10. The van der Waals surface area contributed by atoms with Gasteiger partial charge in [-0.15, -0.1) is 5.92 Å². The molecular weight excluding hydrogens is 164 g/mol. The third-order valence-electron chi connectivity index (χ3n) is 1.81. The first-order valence-corrected chi connectivity index (χ1v) is 4.90. The van der Waals surface area contributed by atoms with Crippen LogP contribution in [0.4, 0.5) is 0 Å². The normalized spacial score (nSPS) is 11.5. The summed E-state index contributed by atoms with van der Waals surface area (Å²) in [5.74, 6) is 5.26. The van der Waals surface area contributed by atoms with Crippen molar-refractivity contribution < 1.29 is 9.90 Å². The average molecular weight is 182 g/mol. The Morgan fingerprint density at radius 3 is 2.62 bits per heavy atom. The lowest BCUT2D eigenvalue weighted by molar-refractivity contribution is -0.137. The molecule has 2 heteroatoms. The number of hydrogen-bond donors (Lipinski definition) is 1. The van der Waals surface area contributed by atoms with Crippen molar-refractivity contribution in [1.82, 2.24) is 0 Å². The van der Waals surface area contributed by atoms with E-state index in [2.05, 4.69) is 18.8 Å². The van der Waals surface area contributed by atoms with Gasteiger partial charge in [0.15, 0.2) is 0 Å². The first kappa shape index (κ1) is 12.0. The average Bonchev–Trinajstić information content (AvgIpc) is 2.09. The Morgan fingerprint density at radius 1 is 1.46 bits per heavy atom. The Bertz CT molecular complexity index is 198. The maximum atomic E-state index is 10.5. The molecule has 0 heterocycles. The van der Waals surface area contributed by atoms with E-state index in [-0.39, 0.29) is 12.3 Å². The number of rotatable bonds is 5. The van der Waals surface area contributed by atoms with Crippen molar-refractivity contribution in [2.45, 2.75) is 46.0 Å². The number of carbonyl (C=O) groups is 1. The van der Waals surface area contributed by atoms with E-state index >= 15 is 0 Å². The Balaban J connectivity index is 3.94. The molecule has 0 aliphatic carbocycles. The Morgan fingerprint density at radius 2 is 2.15 bits per heavy atom. The van der Waals surface area contributed by atoms with Gasteiger partial charge in [-0.2, -0.15) is 0 Å². The monoisotopic (exact) mass is 182 g/mol. The van der Waals surface area contributed by atoms with E-state index in [1.165, 1.54) is 0 Å². The summed E-state index contributed by atoms with van der Waals surface area (Å²) >= 11 is 0. The maximum absolute atomic E-state index is 10.5. The highest BCUT2D eigenvalue weighted by atomic mass is 16.4. The van der Waals surface area contributed by atoms with Crippen LogP contribution in [0.15, 0.2) is 0 Å². The smallest absolute Gasteiger partial charge is 0.304 e. The summed E-state index contributed by atoms with van der Waals surface area (Å²) in [4.78, 5) is 10.5. The molecule has 1 atom stereocenters. The number of aliphatic carboxylic acids is 1. The predicted molar refractivity (Wildman–Crippen MR) is 53.3 cm³/mol. The van der Waals surface area contributed by atoms with Crippen molar-refractivity contribution in [3.8, 4) is 11.8 Å². The highest BCUT2D eigenvalue weighted by molar-refractivity contribution is 5.67. The van der Waals surface area contributed by atoms with Crippen LogP contribution in [0.2, 0.25) is 0 Å². The molecule has 0 aliphatic rings. The van der Waals surface area contributed by atoms with Crippen LogP contribution in [0, 0.1) is 17.8 Å². The van der Waals surface area contributed by atoms with Gasteiger partial charge in [-0.25, -0.2) is 0 Å². The number of carboxylic acid groups (broad SMARTS) is 1. The molecule has 0 fully saturated rings. The lowest BCUT2D eigenvalue weighted by Gasteiger charge is -2.05. The third kappa shape index (κ3) is 7.39. The summed E-state index contributed by atoms with van der Waals surface area (Å²) in [7, 11) is 0. The van der Waals surface area contributed by atoms with Gasteiger partial charge in [0.1, 0.15) is 0 Å². The van der Waals surface area contributed by atoms with E-state index in [0.29, 0.717) is 0 Å². The predicted octanol–water partition coefficient (Wildman–Crippen LogP) is 2.68. The second-order valence-electron chi connectivity index (χ2n) is 3.11. The molecule has 0 aromatic rings. The van der Waals surface area contributed by atoms with Crippen LogP contribution >= 0.6 is 0 Å². The Hall–Kier alpha value is -0.970. The van der Waals surface area contributed by atoms with Crippen molar-refractivity contribution in [1.29, 1.82) is 0 Å². The molecule has 0 spiro atoms. The molecule has 1 unspecified atom stereocenters. The van der Waals surface area contributed by atoms with Crippen LogP contribution in [0.3, 0.4) is 0 Å². The topological polar surface area (TPSA) is 37.3 Å². The first-order valence-electron chi connectivity index (χ1n) is 4.90. The van der Waals surface area contributed by atoms with Gasteiger partial charge in [0, 0.05) is 12.3 Å². The molecule has 0 saturated carbocycles. The lowest BCUT2D eigenvalue weighted by atomic mass is 9.99. The van der Waals surface area contributed by atoms with Crippen LogP contribution in [-0.4, -0.2) is 11.1 Å². The van der Waals surface area contributed by atoms with Crippen LogP contribution in [0.5, 0.6) is 0 Å². The molecule has 74 valence electrons. The first-order chi connectivity index (χ1) is 6.20. The minimum Gasteiger partial charge on any atom is -0.481 e. The molecule has 2 nitrogen and oxygen atoms in total. The zero-order chi connectivity index (χ0) is 10.1. The van der Waals surface area contributed by atoms with Gasteiger partial charge in [0.25, 0.3) is 0 Å². The van der Waals surface area contributed by atoms with Crippen LogP contribution in [0.25, 0.3) is 0 Å². The highest BCUT2D eigenvalue weighted by Gasteiger charge is 2.09. The molecule has 0 rings (SSSR count). The minimum atomic E-state index is -0.744. The van der Waals surface area contributed by atoms with E-state index in [9.17, 15) is 4.79 Å². The van der Waals surface area contributed by atoms with Crippen LogP contribution in [-0.2, 0) is 4.79 Å². The van der Waals surface area contributed by atoms with Crippen molar-refractivity contribution in [2.75, 3.05) is 0 Å². The summed E-state index contributed by atoms with van der Waals surface area (Å²) in [6.07, 6.45) is 4.07. The Labute approximate surface area is 80.3 Å². The third-order valence-corrected chi connectivity index (χ3v) is 1.81. The molecule has 13 heavy (non-hydrogen) atoms. The van der Waals surface area contributed by atoms with Gasteiger partial charge in [-0.3, -0.25) is 4.79 Å².